The van der Waals surface area contributed by atoms with Crippen molar-refractivity contribution < 1.29 is 9.47 Å². The normalized spacial score (nSPS) is 16.5. The van der Waals surface area contributed by atoms with Crippen LogP contribution in [-0.2, 0) is 18.7 Å². The molecule has 0 bridgehead atoms. The summed E-state index contributed by atoms with van der Waals surface area (Å²) in [7, 11) is 3.32. The third-order valence-corrected chi connectivity index (χ3v) is 6.33. The van der Waals surface area contributed by atoms with Gasteiger partial charge in [0.25, 0.3) is 0 Å². The van der Waals surface area contributed by atoms with E-state index in [4.69, 9.17) is 31.0 Å². The van der Waals surface area contributed by atoms with Gasteiger partial charge in [-0.05, 0) is 42.9 Å². The number of nitrogens with zero attached hydrogens (tertiary/aromatic N) is 2. The molecule has 0 fully saturated rings. The highest BCUT2D eigenvalue weighted by atomic mass is 35.5. The molecule has 4 nitrogen and oxygen atoms in total. The van der Waals surface area contributed by atoms with E-state index < -0.39 is 0 Å². The Morgan fingerprint density at radius 1 is 1.15 bits per heavy atom. The average Bonchev–Trinajstić information content (AvgIpc) is 3.03. The van der Waals surface area contributed by atoms with E-state index >= 15 is 0 Å². The highest BCUT2D eigenvalue weighted by Gasteiger charge is 2.24. The topological polar surface area (TPSA) is 44.2 Å². The predicted octanol–water partition coefficient (Wildman–Crippen LogP) is 5.24. The molecule has 0 saturated carbocycles. The van der Waals surface area contributed by atoms with Crippen LogP contribution in [-0.4, -0.2) is 24.2 Å². The SMILES string of the molecule is COc1cc(OC)cc(-c2nc(CCl)nc3sc4c(c23)CCC(C)C4)c1. The third kappa shape index (κ3) is 3.03. The number of alkyl halides is 1. The summed E-state index contributed by atoms with van der Waals surface area (Å²) in [6.07, 6.45) is 3.40. The number of benzene rings is 1. The van der Waals surface area contributed by atoms with Gasteiger partial charge in [-0.1, -0.05) is 6.92 Å². The lowest BCUT2D eigenvalue weighted by Crippen LogP contribution is -2.09. The number of halogens is 1. The highest BCUT2D eigenvalue weighted by Crippen LogP contribution is 2.42. The molecule has 0 aliphatic heterocycles. The van der Waals surface area contributed by atoms with Gasteiger partial charge in [-0.25, -0.2) is 9.97 Å². The standard InChI is InChI=1S/C20H21ClN2O2S/c1-11-4-5-15-16(6-11)26-20-18(15)19(22-17(10-21)23-20)12-7-13(24-2)9-14(8-12)25-3/h7-9,11H,4-6,10H2,1-3H3. The molecule has 2 heterocycles. The Bertz CT molecular complexity index is 948. The van der Waals surface area contributed by atoms with E-state index in [9.17, 15) is 0 Å². The number of thiophene rings is 1. The maximum absolute atomic E-state index is 6.08. The fraction of sp³-hybridized carbons (Fsp3) is 0.400. The first-order chi connectivity index (χ1) is 12.6. The summed E-state index contributed by atoms with van der Waals surface area (Å²) in [6.45, 7) is 2.32. The molecule has 1 aliphatic rings. The van der Waals surface area contributed by atoms with Crippen LogP contribution in [0.3, 0.4) is 0 Å². The van der Waals surface area contributed by atoms with Crippen LogP contribution < -0.4 is 9.47 Å². The zero-order valence-electron chi connectivity index (χ0n) is 15.1. The molecular formula is C20H21ClN2O2S. The number of aromatic nitrogens is 2. The highest BCUT2D eigenvalue weighted by molar-refractivity contribution is 7.19. The molecule has 0 amide bonds. The van der Waals surface area contributed by atoms with Gasteiger partial charge < -0.3 is 9.47 Å². The quantitative estimate of drug-likeness (QED) is 0.573. The number of fused-ring (bicyclic) bond motifs is 3. The molecule has 3 aromatic rings. The largest absolute Gasteiger partial charge is 0.497 e. The smallest absolute Gasteiger partial charge is 0.145 e. The van der Waals surface area contributed by atoms with Crippen molar-refractivity contribution in [1.29, 1.82) is 0 Å². The zero-order chi connectivity index (χ0) is 18.3. The van der Waals surface area contributed by atoms with Crippen LogP contribution in [0.25, 0.3) is 21.5 Å². The Hall–Kier alpha value is -1.85. The van der Waals surface area contributed by atoms with Gasteiger partial charge in [0.15, 0.2) is 0 Å². The third-order valence-electron chi connectivity index (χ3n) is 4.95. The summed E-state index contributed by atoms with van der Waals surface area (Å²) < 4.78 is 10.9. The Balaban J connectivity index is 1.99. The van der Waals surface area contributed by atoms with Gasteiger partial charge in [0.1, 0.15) is 22.2 Å². The summed E-state index contributed by atoms with van der Waals surface area (Å²) in [4.78, 5) is 12.0. The molecule has 1 aliphatic carbocycles. The predicted molar refractivity (Wildman–Crippen MR) is 107 cm³/mol. The van der Waals surface area contributed by atoms with Gasteiger partial charge in [-0.3, -0.25) is 0 Å². The van der Waals surface area contributed by atoms with Crippen LogP contribution >= 0.6 is 22.9 Å². The first-order valence-electron chi connectivity index (χ1n) is 8.73. The van der Waals surface area contributed by atoms with Crippen LogP contribution in [0, 0.1) is 5.92 Å². The number of hydrogen-bond acceptors (Lipinski definition) is 5. The molecule has 2 aromatic heterocycles. The molecule has 0 saturated heterocycles. The van der Waals surface area contributed by atoms with Crippen LogP contribution in [0.1, 0.15) is 29.6 Å². The molecule has 1 aromatic carbocycles. The minimum Gasteiger partial charge on any atom is -0.497 e. The summed E-state index contributed by atoms with van der Waals surface area (Å²) in [5.41, 5.74) is 3.30. The van der Waals surface area contributed by atoms with Crippen molar-refractivity contribution in [2.45, 2.75) is 32.1 Å². The maximum Gasteiger partial charge on any atom is 0.145 e. The van der Waals surface area contributed by atoms with Crippen molar-refractivity contribution in [2.75, 3.05) is 14.2 Å². The summed E-state index contributed by atoms with van der Waals surface area (Å²) >= 11 is 7.87. The van der Waals surface area contributed by atoms with E-state index in [2.05, 4.69) is 6.92 Å². The monoisotopic (exact) mass is 388 g/mol. The number of ether oxygens (including phenoxy) is 2. The van der Waals surface area contributed by atoms with E-state index in [1.54, 1.807) is 25.6 Å². The fourth-order valence-electron chi connectivity index (χ4n) is 3.60. The first-order valence-corrected chi connectivity index (χ1v) is 10.1. The molecule has 4 rings (SSSR count). The maximum atomic E-state index is 6.08. The number of rotatable bonds is 4. The second-order valence-corrected chi connectivity index (χ2v) is 8.11. The van der Waals surface area contributed by atoms with E-state index in [1.807, 2.05) is 18.2 Å². The number of methoxy groups -OCH3 is 2. The Morgan fingerprint density at radius 2 is 1.88 bits per heavy atom. The zero-order valence-corrected chi connectivity index (χ0v) is 16.7. The Morgan fingerprint density at radius 3 is 2.54 bits per heavy atom. The van der Waals surface area contributed by atoms with Crippen LogP contribution in [0.5, 0.6) is 11.5 Å². The van der Waals surface area contributed by atoms with E-state index in [0.29, 0.717) is 11.7 Å². The lowest BCUT2D eigenvalue weighted by Gasteiger charge is -2.18. The van der Waals surface area contributed by atoms with Gasteiger partial charge in [0, 0.05) is 21.9 Å². The van der Waals surface area contributed by atoms with Crippen molar-refractivity contribution in [2.24, 2.45) is 5.92 Å². The molecule has 0 radical (unpaired) electrons. The lowest BCUT2D eigenvalue weighted by atomic mass is 9.88. The Kier molecular flexibility index (Phi) is 4.76. The Labute approximate surface area is 162 Å². The minimum atomic E-state index is 0.295. The van der Waals surface area contributed by atoms with E-state index in [0.717, 1.165) is 46.3 Å². The van der Waals surface area contributed by atoms with Crippen LogP contribution in [0.15, 0.2) is 18.2 Å². The van der Waals surface area contributed by atoms with Gasteiger partial charge in [-0.15, -0.1) is 22.9 Å². The second-order valence-electron chi connectivity index (χ2n) is 6.76. The molecule has 0 N–H and O–H groups in total. The lowest BCUT2D eigenvalue weighted by molar-refractivity contribution is 0.394. The minimum absolute atomic E-state index is 0.295. The van der Waals surface area contributed by atoms with Crippen LogP contribution in [0.4, 0.5) is 0 Å². The molecule has 26 heavy (non-hydrogen) atoms. The van der Waals surface area contributed by atoms with Gasteiger partial charge in [0.2, 0.25) is 0 Å². The fourth-order valence-corrected chi connectivity index (χ4v) is 5.12. The van der Waals surface area contributed by atoms with Crippen molar-refractivity contribution in [3.8, 4) is 22.8 Å². The molecule has 6 heteroatoms. The van der Waals surface area contributed by atoms with E-state index in [-0.39, 0.29) is 0 Å². The summed E-state index contributed by atoms with van der Waals surface area (Å²) in [5, 5.41) is 1.17. The van der Waals surface area contributed by atoms with Gasteiger partial charge in [0.05, 0.1) is 25.8 Å². The van der Waals surface area contributed by atoms with Crippen LogP contribution in [0.2, 0.25) is 0 Å². The van der Waals surface area contributed by atoms with Crippen molar-refractivity contribution >= 4 is 33.2 Å². The molecular weight excluding hydrogens is 368 g/mol. The number of hydrogen-bond donors (Lipinski definition) is 0. The summed E-state index contributed by atoms with van der Waals surface area (Å²) in [6, 6.07) is 5.87. The molecule has 1 atom stereocenters. The summed E-state index contributed by atoms with van der Waals surface area (Å²) in [5.74, 6) is 3.16. The first kappa shape index (κ1) is 17.6. The molecule has 0 spiro atoms. The average molecular weight is 389 g/mol. The van der Waals surface area contributed by atoms with Crippen molar-refractivity contribution in [3.05, 3.63) is 34.5 Å². The molecule has 136 valence electrons. The van der Waals surface area contributed by atoms with E-state index in [1.165, 1.54) is 22.2 Å². The second kappa shape index (κ2) is 7.05. The van der Waals surface area contributed by atoms with Gasteiger partial charge in [-0.2, -0.15) is 0 Å². The van der Waals surface area contributed by atoms with Gasteiger partial charge >= 0.3 is 0 Å². The number of aryl methyl sites for hydroxylation is 1. The molecule has 1 unspecified atom stereocenters. The van der Waals surface area contributed by atoms with Crippen molar-refractivity contribution in [3.63, 3.8) is 0 Å². The van der Waals surface area contributed by atoms with Crippen molar-refractivity contribution in [1.82, 2.24) is 9.97 Å².